The predicted octanol–water partition coefficient (Wildman–Crippen LogP) is 4.82. The van der Waals surface area contributed by atoms with E-state index in [1.165, 1.54) is 0 Å². The van der Waals surface area contributed by atoms with Gasteiger partial charge in [0, 0.05) is 5.56 Å². The van der Waals surface area contributed by atoms with Gasteiger partial charge in [0.1, 0.15) is 11.4 Å². The average Bonchev–Trinajstić information content (AvgIpc) is 3.18. The number of esters is 1. The Morgan fingerprint density at radius 2 is 1.56 bits per heavy atom. The molecular formula is C19H12F9N3O3. The fourth-order valence-electron chi connectivity index (χ4n) is 3.05. The van der Waals surface area contributed by atoms with E-state index in [0.29, 0.717) is 0 Å². The van der Waals surface area contributed by atoms with E-state index in [1.807, 2.05) is 5.48 Å². The van der Waals surface area contributed by atoms with Gasteiger partial charge in [-0.25, -0.2) is 9.78 Å². The number of pyridine rings is 1. The highest BCUT2D eigenvalue weighted by Crippen LogP contribution is 2.49. The minimum atomic E-state index is -5.52. The van der Waals surface area contributed by atoms with Crippen LogP contribution in [0.5, 0.6) is 0 Å². The van der Waals surface area contributed by atoms with E-state index in [2.05, 4.69) is 14.6 Å². The number of nitrogens with zero attached hydrogens (tertiary/aromatic N) is 1. The Kier molecular flexibility index (Phi) is 5.97. The Morgan fingerprint density at radius 3 is 2.00 bits per heavy atom. The standard InChI is InChI=1S/C19H12F9N3O3/c1-33-15(32)11-2-3-12(30-14(11)29)13-7-16(34-31-13,19(26,27)28)8-4-9(17(20,21)22)6-10(5-8)18(23,24)25/h2-7,31H,1H3,(H2,29,30). The summed E-state index contributed by atoms with van der Waals surface area (Å²) < 4.78 is 126. The lowest BCUT2D eigenvalue weighted by Gasteiger charge is -2.29. The SMILES string of the molecule is COC(=O)c1ccc(C2=CC(c3cc(C(F)(F)F)cc(C(F)(F)F)c3)(C(F)(F)F)ON2)nc1N. The summed E-state index contributed by atoms with van der Waals surface area (Å²) in [5.74, 6) is -1.37. The van der Waals surface area contributed by atoms with Gasteiger partial charge in [-0.1, -0.05) is 0 Å². The van der Waals surface area contributed by atoms with Crippen molar-refractivity contribution in [2.24, 2.45) is 0 Å². The highest BCUT2D eigenvalue weighted by atomic mass is 19.4. The first-order valence-electron chi connectivity index (χ1n) is 8.88. The monoisotopic (exact) mass is 501 g/mol. The fourth-order valence-corrected chi connectivity index (χ4v) is 3.05. The summed E-state index contributed by atoms with van der Waals surface area (Å²) in [6, 6.07) is 1.57. The van der Waals surface area contributed by atoms with Gasteiger partial charge in [-0.3, -0.25) is 10.3 Å². The smallest absolute Gasteiger partial charge is 0.428 e. The zero-order valence-corrected chi connectivity index (χ0v) is 16.6. The minimum absolute atomic E-state index is 0.0913. The summed E-state index contributed by atoms with van der Waals surface area (Å²) in [4.78, 5) is 19.9. The molecular weight excluding hydrogens is 489 g/mol. The molecule has 1 unspecified atom stereocenters. The molecule has 34 heavy (non-hydrogen) atoms. The lowest BCUT2D eigenvalue weighted by molar-refractivity contribution is -0.269. The van der Waals surface area contributed by atoms with Gasteiger partial charge < -0.3 is 10.5 Å². The van der Waals surface area contributed by atoms with Crippen molar-refractivity contribution in [3.63, 3.8) is 0 Å². The Labute approximate surface area is 184 Å². The second kappa shape index (κ2) is 8.07. The van der Waals surface area contributed by atoms with Crippen LogP contribution in [0.2, 0.25) is 0 Å². The number of alkyl halides is 9. The number of anilines is 1. The number of hydrogen-bond acceptors (Lipinski definition) is 6. The van der Waals surface area contributed by atoms with Crippen LogP contribution in [0.25, 0.3) is 5.70 Å². The molecule has 1 aliphatic rings. The molecule has 0 radical (unpaired) electrons. The highest BCUT2D eigenvalue weighted by Gasteiger charge is 2.60. The van der Waals surface area contributed by atoms with E-state index in [-0.39, 0.29) is 35.5 Å². The van der Waals surface area contributed by atoms with Gasteiger partial charge in [0.15, 0.2) is 0 Å². The molecule has 15 heteroatoms. The van der Waals surface area contributed by atoms with Crippen LogP contribution >= 0.6 is 0 Å². The fraction of sp³-hybridized carbons (Fsp3) is 0.263. The van der Waals surface area contributed by atoms with Crippen LogP contribution in [0.3, 0.4) is 0 Å². The summed E-state index contributed by atoms with van der Waals surface area (Å²) in [5.41, 5.74) is -2.91. The normalized spacial score (nSPS) is 18.9. The highest BCUT2D eigenvalue weighted by molar-refractivity contribution is 5.94. The Hall–Kier alpha value is -3.49. The molecule has 0 amide bonds. The molecule has 1 aromatic heterocycles. The Balaban J connectivity index is 2.21. The van der Waals surface area contributed by atoms with E-state index >= 15 is 0 Å². The third-order valence-corrected chi connectivity index (χ3v) is 4.71. The van der Waals surface area contributed by atoms with Crippen molar-refractivity contribution < 1.29 is 53.9 Å². The Bertz CT molecular complexity index is 1120. The van der Waals surface area contributed by atoms with Crippen molar-refractivity contribution in [1.82, 2.24) is 10.5 Å². The molecule has 0 aliphatic carbocycles. The largest absolute Gasteiger partial charge is 0.465 e. The minimum Gasteiger partial charge on any atom is -0.465 e. The second-order valence-corrected chi connectivity index (χ2v) is 6.91. The number of carbonyl (C=O) groups excluding carboxylic acids is 1. The van der Waals surface area contributed by atoms with Crippen molar-refractivity contribution in [3.05, 3.63) is 64.4 Å². The molecule has 2 aromatic rings. The molecule has 1 atom stereocenters. The second-order valence-electron chi connectivity index (χ2n) is 6.91. The Morgan fingerprint density at radius 1 is 1.00 bits per heavy atom. The number of halogens is 9. The van der Waals surface area contributed by atoms with E-state index in [9.17, 15) is 44.3 Å². The number of nitrogens with two attached hydrogens (primary N) is 1. The molecule has 2 heterocycles. The molecule has 184 valence electrons. The number of nitrogens with one attached hydrogen (secondary N) is 1. The first kappa shape index (κ1) is 25.1. The average molecular weight is 501 g/mol. The molecule has 1 aromatic carbocycles. The molecule has 3 rings (SSSR count). The van der Waals surface area contributed by atoms with E-state index in [1.54, 1.807) is 0 Å². The molecule has 6 nitrogen and oxygen atoms in total. The van der Waals surface area contributed by atoms with Gasteiger partial charge >= 0.3 is 24.5 Å². The number of hydrogen-bond donors (Lipinski definition) is 2. The third kappa shape index (κ3) is 4.47. The van der Waals surface area contributed by atoms with Gasteiger partial charge in [0.05, 0.1) is 29.6 Å². The van der Waals surface area contributed by atoms with Crippen LogP contribution in [-0.4, -0.2) is 24.2 Å². The van der Waals surface area contributed by atoms with E-state index < -0.39 is 58.3 Å². The number of carbonyl (C=O) groups is 1. The van der Waals surface area contributed by atoms with Crippen molar-refractivity contribution in [2.45, 2.75) is 24.1 Å². The van der Waals surface area contributed by atoms with Crippen LogP contribution in [-0.2, 0) is 27.5 Å². The first-order chi connectivity index (χ1) is 15.5. The molecule has 0 saturated carbocycles. The summed E-state index contributed by atoms with van der Waals surface area (Å²) in [6.07, 6.45) is -16.1. The number of ether oxygens (including phenoxy) is 1. The molecule has 0 spiro atoms. The lowest BCUT2D eigenvalue weighted by atomic mass is 9.89. The number of nitrogen functional groups attached to an aromatic ring is 1. The quantitative estimate of drug-likeness (QED) is 0.464. The van der Waals surface area contributed by atoms with Gasteiger partial charge in [0.25, 0.3) is 0 Å². The summed E-state index contributed by atoms with van der Waals surface area (Å²) in [5, 5.41) is 0. The van der Waals surface area contributed by atoms with Crippen molar-refractivity contribution in [2.75, 3.05) is 12.8 Å². The predicted molar refractivity (Wildman–Crippen MR) is 96.4 cm³/mol. The van der Waals surface area contributed by atoms with Gasteiger partial charge in [-0.05, 0) is 36.4 Å². The molecule has 0 bridgehead atoms. The maximum absolute atomic E-state index is 14.1. The number of methoxy groups -OCH3 is 1. The van der Waals surface area contributed by atoms with E-state index in [4.69, 9.17) is 5.73 Å². The zero-order valence-electron chi connectivity index (χ0n) is 16.6. The van der Waals surface area contributed by atoms with Crippen molar-refractivity contribution in [3.8, 4) is 0 Å². The van der Waals surface area contributed by atoms with E-state index in [0.717, 1.165) is 19.2 Å². The van der Waals surface area contributed by atoms with Crippen molar-refractivity contribution >= 4 is 17.5 Å². The maximum Gasteiger partial charge on any atom is 0.428 e. The van der Waals surface area contributed by atoms with Gasteiger partial charge in [-0.2, -0.15) is 39.5 Å². The van der Waals surface area contributed by atoms with Crippen LogP contribution in [0.1, 0.15) is 32.7 Å². The maximum atomic E-state index is 14.1. The number of hydroxylamine groups is 1. The van der Waals surface area contributed by atoms with Crippen LogP contribution in [0.15, 0.2) is 36.4 Å². The number of benzene rings is 1. The third-order valence-electron chi connectivity index (χ3n) is 4.71. The van der Waals surface area contributed by atoms with Crippen LogP contribution in [0.4, 0.5) is 45.3 Å². The van der Waals surface area contributed by atoms with Crippen LogP contribution < -0.4 is 11.2 Å². The first-order valence-corrected chi connectivity index (χ1v) is 8.88. The number of aromatic nitrogens is 1. The molecule has 1 aliphatic heterocycles. The lowest BCUT2D eigenvalue weighted by Crippen LogP contribution is -2.43. The molecule has 0 fully saturated rings. The zero-order chi connectivity index (χ0) is 25.7. The van der Waals surface area contributed by atoms with Crippen molar-refractivity contribution in [1.29, 1.82) is 0 Å². The molecule has 0 saturated heterocycles. The van der Waals surface area contributed by atoms with Crippen LogP contribution in [0, 0.1) is 0 Å². The summed E-state index contributed by atoms with van der Waals surface area (Å²) in [7, 11) is 1.03. The number of rotatable bonds is 3. The molecule has 3 N–H and O–H groups in total. The summed E-state index contributed by atoms with van der Waals surface area (Å²) in [6.45, 7) is 0. The van der Waals surface area contributed by atoms with Gasteiger partial charge in [-0.15, -0.1) is 0 Å². The summed E-state index contributed by atoms with van der Waals surface area (Å²) >= 11 is 0. The van der Waals surface area contributed by atoms with Gasteiger partial charge in [0.2, 0.25) is 5.60 Å². The topological polar surface area (TPSA) is 86.5 Å².